The van der Waals surface area contributed by atoms with Gasteiger partial charge in [0.25, 0.3) is 5.91 Å². The van der Waals surface area contributed by atoms with E-state index < -0.39 is 0 Å². The molecule has 7 nitrogen and oxygen atoms in total. The van der Waals surface area contributed by atoms with E-state index in [2.05, 4.69) is 15.2 Å². The molecule has 3 atom stereocenters. The molecule has 2 aromatic heterocycles. The lowest BCUT2D eigenvalue weighted by Crippen LogP contribution is -2.34. The van der Waals surface area contributed by atoms with Crippen LogP contribution in [-0.4, -0.2) is 47.6 Å². The van der Waals surface area contributed by atoms with Gasteiger partial charge in [-0.3, -0.25) is 4.79 Å². The molecule has 2 saturated carbocycles. The molecule has 5 rings (SSSR count). The maximum absolute atomic E-state index is 12.7. The van der Waals surface area contributed by atoms with Crippen LogP contribution >= 0.6 is 34.5 Å². The van der Waals surface area contributed by atoms with Gasteiger partial charge < -0.3 is 19.9 Å². The number of nitrogens with zero attached hydrogens (tertiary/aromatic N) is 2. The molecule has 2 aliphatic carbocycles. The van der Waals surface area contributed by atoms with Crippen LogP contribution in [0.15, 0.2) is 0 Å². The third-order valence-corrected chi connectivity index (χ3v) is 9.54. The number of piperidine rings is 1. The summed E-state index contributed by atoms with van der Waals surface area (Å²) in [6.45, 7) is 5.60. The average molecular weight is 526 g/mol. The Balaban J connectivity index is 1.22. The molecular formula is C24H30Cl2N4O3S. The summed E-state index contributed by atoms with van der Waals surface area (Å²) < 4.78 is 5.31. The van der Waals surface area contributed by atoms with Crippen LogP contribution in [0.5, 0.6) is 0 Å². The summed E-state index contributed by atoms with van der Waals surface area (Å²) in [6, 6.07) is 0.119. The minimum absolute atomic E-state index is 0.119. The first-order valence-electron chi connectivity index (χ1n) is 12.1. The Morgan fingerprint density at radius 2 is 1.91 bits per heavy atom. The highest BCUT2D eigenvalue weighted by Gasteiger charge is 2.57. The lowest BCUT2D eigenvalue weighted by molar-refractivity contribution is 0.0530. The fourth-order valence-electron chi connectivity index (χ4n) is 5.49. The van der Waals surface area contributed by atoms with Gasteiger partial charge in [-0.2, -0.15) is 0 Å². The van der Waals surface area contributed by atoms with Crippen molar-refractivity contribution in [2.75, 3.05) is 24.6 Å². The Kier molecular flexibility index (Phi) is 6.84. The van der Waals surface area contributed by atoms with E-state index >= 15 is 0 Å². The summed E-state index contributed by atoms with van der Waals surface area (Å²) in [5.41, 5.74) is 1.88. The van der Waals surface area contributed by atoms with Gasteiger partial charge in [0.2, 0.25) is 0 Å². The zero-order valence-electron chi connectivity index (χ0n) is 19.5. The van der Waals surface area contributed by atoms with Crippen molar-refractivity contribution in [3.8, 4) is 0 Å². The van der Waals surface area contributed by atoms with Gasteiger partial charge in [-0.15, -0.1) is 0 Å². The number of nitrogens with one attached hydrogen (secondary N) is 2. The number of hydrogen-bond acceptors (Lipinski definition) is 6. The molecule has 0 unspecified atom stereocenters. The lowest BCUT2D eigenvalue weighted by atomic mass is 10.0. The van der Waals surface area contributed by atoms with Crippen LogP contribution in [0.25, 0.3) is 0 Å². The Morgan fingerprint density at radius 3 is 2.53 bits per heavy atom. The minimum atomic E-state index is -0.265. The zero-order valence-corrected chi connectivity index (χ0v) is 21.8. The SMILES string of the molecule is CCOC(=O)c1sc(N2C[C@@H]3[C@H](C2)[C@@H]3NC(=O)c2[nH]c(C)c(Cl)c2Cl)nc1CCC1CCCC1. The lowest BCUT2D eigenvalue weighted by Gasteiger charge is -2.19. The number of halogens is 2. The van der Waals surface area contributed by atoms with Crippen LogP contribution in [-0.2, 0) is 11.2 Å². The number of esters is 1. The van der Waals surface area contributed by atoms with E-state index in [1.165, 1.54) is 37.0 Å². The molecule has 3 heterocycles. The first-order chi connectivity index (χ1) is 16.4. The molecule has 0 spiro atoms. The van der Waals surface area contributed by atoms with Gasteiger partial charge in [0, 0.05) is 36.7 Å². The summed E-state index contributed by atoms with van der Waals surface area (Å²) in [5.74, 6) is 0.992. The normalized spacial score (nSPS) is 23.9. The molecule has 0 radical (unpaired) electrons. The number of H-pyrrole nitrogens is 1. The number of aromatic amines is 1. The summed E-state index contributed by atoms with van der Waals surface area (Å²) in [6.07, 6.45) is 7.11. The highest BCUT2D eigenvalue weighted by molar-refractivity contribution is 7.17. The Hall–Kier alpha value is -1.77. The smallest absolute Gasteiger partial charge is 0.350 e. The number of rotatable bonds is 8. The number of carbonyl (C=O) groups is 2. The topological polar surface area (TPSA) is 87.3 Å². The second-order valence-corrected chi connectivity index (χ2v) is 11.4. The standard InChI is InChI=1S/C24H30Cl2N4O3S/c1-3-33-23(32)21-16(9-8-13-6-4-5-7-13)28-24(34-21)30-10-14-15(11-30)19(14)29-22(31)20-18(26)17(25)12(2)27-20/h13-15,19,27H,3-11H2,1-2H3,(H,29,31)/t14-,15+,19-. The minimum Gasteiger partial charge on any atom is -0.462 e. The van der Waals surface area contributed by atoms with Gasteiger partial charge in [0.15, 0.2) is 5.13 Å². The number of aryl methyl sites for hydroxylation is 2. The van der Waals surface area contributed by atoms with E-state index in [1.54, 1.807) is 6.92 Å². The fraction of sp³-hybridized carbons (Fsp3) is 0.625. The number of aromatic nitrogens is 2. The molecule has 34 heavy (non-hydrogen) atoms. The molecule has 2 aromatic rings. The third-order valence-electron chi connectivity index (χ3n) is 7.45. The molecule has 2 N–H and O–H groups in total. The first kappa shape index (κ1) is 23.9. The molecule has 1 aliphatic heterocycles. The number of fused-ring (bicyclic) bond motifs is 1. The number of thiazole rings is 1. The molecule has 184 valence electrons. The molecule has 0 aromatic carbocycles. The van der Waals surface area contributed by atoms with Crippen molar-refractivity contribution in [2.45, 2.75) is 58.4 Å². The van der Waals surface area contributed by atoms with Crippen molar-refractivity contribution in [1.29, 1.82) is 0 Å². The van der Waals surface area contributed by atoms with Crippen LogP contribution in [0.1, 0.15) is 70.6 Å². The summed E-state index contributed by atoms with van der Waals surface area (Å²) in [4.78, 5) is 36.0. The molecule has 3 aliphatic rings. The summed E-state index contributed by atoms with van der Waals surface area (Å²) in [5, 5.41) is 4.64. The Morgan fingerprint density at radius 1 is 1.21 bits per heavy atom. The number of hydrogen-bond donors (Lipinski definition) is 2. The van der Waals surface area contributed by atoms with Gasteiger partial charge >= 0.3 is 5.97 Å². The van der Waals surface area contributed by atoms with Gasteiger partial charge in [-0.1, -0.05) is 60.2 Å². The van der Waals surface area contributed by atoms with Crippen LogP contribution < -0.4 is 10.2 Å². The number of carbonyl (C=O) groups excluding carboxylic acids is 2. The van der Waals surface area contributed by atoms with Crippen molar-refractivity contribution in [3.05, 3.63) is 32.0 Å². The predicted molar refractivity (Wildman–Crippen MR) is 134 cm³/mol. The molecule has 1 amide bonds. The van der Waals surface area contributed by atoms with E-state index in [9.17, 15) is 9.59 Å². The highest BCUT2D eigenvalue weighted by Crippen LogP contribution is 2.48. The van der Waals surface area contributed by atoms with E-state index in [0.29, 0.717) is 39.7 Å². The number of ether oxygens (including phenoxy) is 1. The van der Waals surface area contributed by atoms with E-state index in [0.717, 1.165) is 42.7 Å². The van der Waals surface area contributed by atoms with E-state index in [1.807, 2.05) is 6.92 Å². The van der Waals surface area contributed by atoms with Crippen molar-refractivity contribution in [1.82, 2.24) is 15.3 Å². The maximum atomic E-state index is 12.7. The van der Waals surface area contributed by atoms with Gasteiger partial charge in [0.05, 0.1) is 22.3 Å². The summed E-state index contributed by atoms with van der Waals surface area (Å²) in [7, 11) is 0. The molecule has 3 fully saturated rings. The first-order valence-corrected chi connectivity index (χ1v) is 13.7. The molecule has 1 saturated heterocycles. The van der Waals surface area contributed by atoms with E-state index in [-0.39, 0.29) is 22.9 Å². The van der Waals surface area contributed by atoms with Crippen molar-refractivity contribution in [2.24, 2.45) is 17.8 Å². The molecule has 0 bridgehead atoms. The molecular weight excluding hydrogens is 495 g/mol. The van der Waals surface area contributed by atoms with Crippen LogP contribution in [0, 0.1) is 24.7 Å². The van der Waals surface area contributed by atoms with Gasteiger partial charge in [0.1, 0.15) is 10.6 Å². The second-order valence-electron chi connectivity index (χ2n) is 9.67. The van der Waals surface area contributed by atoms with Crippen molar-refractivity contribution >= 4 is 51.5 Å². The van der Waals surface area contributed by atoms with Crippen molar-refractivity contribution in [3.63, 3.8) is 0 Å². The van der Waals surface area contributed by atoms with Crippen LogP contribution in [0.3, 0.4) is 0 Å². The molecule has 10 heteroatoms. The number of anilines is 1. The average Bonchev–Trinajstić information content (AvgIpc) is 3.39. The maximum Gasteiger partial charge on any atom is 0.350 e. The fourth-order valence-corrected chi connectivity index (χ4v) is 6.93. The van der Waals surface area contributed by atoms with Gasteiger partial charge in [-0.25, -0.2) is 9.78 Å². The van der Waals surface area contributed by atoms with Crippen molar-refractivity contribution < 1.29 is 14.3 Å². The Labute approximate surface area is 213 Å². The van der Waals surface area contributed by atoms with Gasteiger partial charge in [-0.05, 0) is 32.6 Å². The second kappa shape index (κ2) is 9.70. The number of amides is 1. The third kappa shape index (κ3) is 4.56. The van der Waals surface area contributed by atoms with E-state index in [4.69, 9.17) is 32.9 Å². The largest absolute Gasteiger partial charge is 0.462 e. The quantitative estimate of drug-likeness (QED) is 0.460. The van der Waals surface area contributed by atoms with Crippen LogP contribution in [0.2, 0.25) is 10.0 Å². The Bertz CT molecular complexity index is 1080. The highest BCUT2D eigenvalue weighted by atomic mass is 35.5. The predicted octanol–water partition coefficient (Wildman–Crippen LogP) is 5.25. The van der Waals surface area contributed by atoms with Crippen LogP contribution in [0.4, 0.5) is 5.13 Å². The monoisotopic (exact) mass is 524 g/mol. The zero-order chi connectivity index (χ0) is 24.0. The summed E-state index contributed by atoms with van der Waals surface area (Å²) >= 11 is 13.7.